The van der Waals surface area contributed by atoms with Crippen molar-refractivity contribution in [1.29, 1.82) is 0 Å². The molecule has 0 aromatic heterocycles. The lowest BCUT2D eigenvalue weighted by molar-refractivity contribution is 0.250. The highest BCUT2D eigenvalue weighted by molar-refractivity contribution is 7.86. The van der Waals surface area contributed by atoms with Crippen LogP contribution in [0.15, 0.2) is 24.3 Å². The zero-order chi connectivity index (χ0) is 14.2. The van der Waals surface area contributed by atoms with Crippen LogP contribution >= 0.6 is 0 Å². The fourth-order valence-corrected chi connectivity index (χ4v) is 4.75. The fourth-order valence-electron chi connectivity index (χ4n) is 3.06. The predicted molar refractivity (Wildman–Crippen MR) is 78.0 cm³/mol. The second-order valence-electron chi connectivity index (χ2n) is 5.65. The number of rotatable bonds is 3. The number of benzene rings is 1. The summed E-state index contributed by atoms with van der Waals surface area (Å²) in [5, 5.41) is 0. The second-order valence-corrected chi connectivity index (χ2v) is 7.57. The molecule has 0 amide bonds. The minimum atomic E-state index is -3.36. The van der Waals surface area contributed by atoms with E-state index in [2.05, 4.69) is 0 Å². The SMILES string of the molecule is NCC1CCCN(S(=O)(=O)N2Cc3ccccc3C2)C1. The Balaban J connectivity index is 1.77. The van der Waals surface area contributed by atoms with Gasteiger partial charge >= 0.3 is 0 Å². The summed E-state index contributed by atoms with van der Waals surface area (Å²) in [7, 11) is -3.36. The molecule has 0 aliphatic carbocycles. The average Bonchev–Trinajstić information content (AvgIpc) is 2.92. The van der Waals surface area contributed by atoms with Gasteiger partial charge in [0.15, 0.2) is 0 Å². The van der Waals surface area contributed by atoms with Crippen LogP contribution in [0.1, 0.15) is 24.0 Å². The van der Waals surface area contributed by atoms with Crippen LogP contribution in [-0.4, -0.2) is 36.7 Å². The molecule has 2 aliphatic rings. The Hall–Kier alpha value is -0.950. The van der Waals surface area contributed by atoms with Crippen LogP contribution in [0.25, 0.3) is 0 Å². The monoisotopic (exact) mass is 295 g/mol. The summed E-state index contributed by atoms with van der Waals surface area (Å²) in [4.78, 5) is 0. The standard InChI is InChI=1S/C14H21N3O2S/c15-8-12-4-3-7-16(9-12)20(18,19)17-10-13-5-1-2-6-14(13)11-17/h1-2,5-6,12H,3-4,7-11,15H2. The molecule has 0 radical (unpaired) electrons. The lowest BCUT2D eigenvalue weighted by atomic mass is 10.0. The van der Waals surface area contributed by atoms with E-state index in [-0.39, 0.29) is 0 Å². The van der Waals surface area contributed by atoms with Crippen LogP contribution in [0.3, 0.4) is 0 Å². The van der Waals surface area contributed by atoms with E-state index in [9.17, 15) is 8.42 Å². The first-order chi connectivity index (χ1) is 9.61. The molecule has 1 fully saturated rings. The average molecular weight is 295 g/mol. The maximum absolute atomic E-state index is 12.7. The largest absolute Gasteiger partial charge is 0.330 e. The van der Waals surface area contributed by atoms with Crippen LogP contribution in [0, 0.1) is 5.92 Å². The van der Waals surface area contributed by atoms with Crippen molar-refractivity contribution >= 4 is 10.2 Å². The summed E-state index contributed by atoms with van der Waals surface area (Å²) in [5.74, 6) is 0.295. The van der Waals surface area contributed by atoms with E-state index in [0.717, 1.165) is 24.0 Å². The third-order valence-electron chi connectivity index (χ3n) is 4.28. The molecule has 110 valence electrons. The highest BCUT2D eigenvalue weighted by Gasteiger charge is 2.36. The van der Waals surface area contributed by atoms with E-state index in [1.807, 2.05) is 24.3 Å². The van der Waals surface area contributed by atoms with Crippen LogP contribution in [0.2, 0.25) is 0 Å². The summed E-state index contributed by atoms with van der Waals surface area (Å²) in [6, 6.07) is 7.92. The molecule has 1 aromatic carbocycles. The molecule has 2 N–H and O–H groups in total. The van der Waals surface area contributed by atoms with Gasteiger partial charge in [-0.3, -0.25) is 0 Å². The van der Waals surface area contributed by atoms with Gasteiger partial charge in [0.2, 0.25) is 0 Å². The van der Waals surface area contributed by atoms with E-state index in [1.54, 1.807) is 8.61 Å². The van der Waals surface area contributed by atoms with E-state index >= 15 is 0 Å². The van der Waals surface area contributed by atoms with Gasteiger partial charge in [0.05, 0.1) is 0 Å². The normalized spacial score (nSPS) is 24.8. The van der Waals surface area contributed by atoms with Gasteiger partial charge in [-0.25, -0.2) is 0 Å². The van der Waals surface area contributed by atoms with E-state index in [4.69, 9.17) is 5.73 Å². The molecule has 1 unspecified atom stereocenters. The Bertz CT molecular complexity index is 563. The minimum Gasteiger partial charge on any atom is -0.330 e. The smallest absolute Gasteiger partial charge is 0.282 e. The quantitative estimate of drug-likeness (QED) is 0.901. The lowest BCUT2D eigenvalue weighted by Crippen LogP contribution is -2.47. The van der Waals surface area contributed by atoms with Crippen molar-refractivity contribution in [2.24, 2.45) is 11.7 Å². The third-order valence-corrected chi connectivity index (χ3v) is 6.17. The van der Waals surface area contributed by atoms with Crippen LogP contribution in [-0.2, 0) is 23.3 Å². The van der Waals surface area contributed by atoms with E-state index in [1.165, 1.54) is 0 Å². The molecule has 1 aromatic rings. The Morgan fingerprint density at radius 2 is 1.80 bits per heavy atom. The molecule has 2 aliphatic heterocycles. The summed E-state index contributed by atoms with van der Waals surface area (Å²) in [5.41, 5.74) is 7.92. The molecule has 0 spiro atoms. The Kier molecular flexibility index (Phi) is 3.81. The number of hydrogen-bond donors (Lipinski definition) is 1. The predicted octanol–water partition coefficient (Wildman–Crippen LogP) is 0.918. The van der Waals surface area contributed by atoms with Crippen molar-refractivity contribution in [3.05, 3.63) is 35.4 Å². The lowest BCUT2D eigenvalue weighted by Gasteiger charge is -2.33. The number of nitrogens with zero attached hydrogens (tertiary/aromatic N) is 2. The van der Waals surface area contributed by atoms with Crippen molar-refractivity contribution in [3.8, 4) is 0 Å². The zero-order valence-electron chi connectivity index (χ0n) is 11.5. The van der Waals surface area contributed by atoms with Gasteiger partial charge in [-0.05, 0) is 36.4 Å². The number of piperidine rings is 1. The van der Waals surface area contributed by atoms with Crippen molar-refractivity contribution < 1.29 is 8.42 Å². The van der Waals surface area contributed by atoms with Gasteiger partial charge in [-0.2, -0.15) is 17.0 Å². The fraction of sp³-hybridized carbons (Fsp3) is 0.571. The van der Waals surface area contributed by atoms with Crippen molar-refractivity contribution in [2.75, 3.05) is 19.6 Å². The molecule has 2 heterocycles. The molecule has 0 bridgehead atoms. The summed E-state index contributed by atoms with van der Waals surface area (Å²) >= 11 is 0. The second kappa shape index (κ2) is 5.44. The first-order valence-electron chi connectivity index (χ1n) is 7.13. The molecule has 20 heavy (non-hydrogen) atoms. The number of hydrogen-bond acceptors (Lipinski definition) is 3. The Labute approximate surface area is 120 Å². The molecule has 5 nitrogen and oxygen atoms in total. The topological polar surface area (TPSA) is 66.6 Å². The van der Waals surface area contributed by atoms with Gasteiger partial charge in [0.1, 0.15) is 0 Å². The Morgan fingerprint density at radius 3 is 2.40 bits per heavy atom. The van der Waals surface area contributed by atoms with Crippen molar-refractivity contribution in [3.63, 3.8) is 0 Å². The van der Waals surface area contributed by atoms with E-state index < -0.39 is 10.2 Å². The maximum Gasteiger partial charge on any atom is 0.282 e. The molecular weight excluding hydrogens is 274 g/mol. The van der Waals surface area contributed by atoms with Gasteiger partial charge < -0.3 is 5.73 Å². The molecule has 3 rings (SSSR count). The minimum absolute atomic E-state index is 0.295. The summed E-state index contributed by atoms with van der Waals surface area (Å²) in [6.07, 6.45) is 1.94. The van der Waals surface area contributed by atoms with Gasteiger partial charge in [0, 0.05) is 26.2 Å². The first-order valence-corrected chi connectivity index (χ1v) is 8.53. The van der Waals surface area contributed by atoms with Gasteiger partial charge in [0.25, 0.3) is 10.2 Å². The van der Waals surface area contributed by atoms with E-state index in [0.29, 0.717) is 38.6 Å². The molecule has 1 saturated heterocycles. The highest BCUT2D eigenvalue weighted by atomic mass is 32.2. The van der Waals surface area contributed by atoms with Gasteiger partial charge in [-0.1, -0.05) is 24.3 Å². The number of nitrogens with two attached hydrogens (primary N) is 1. The highest BCUT2D eigenvalue weighted by Crippen LogP contribution is 2.28. The first kappa shape index (κ1) is 14.0. The van der Waals surface area contributed by atoms with Crippen LogP contribution in [0.4, 0.5) is 0 Å². The zero-order valence-corrected chi connectivity index (χ0v) is 12.3. The molecule has 1 atom stereocenters. The van der Waals surface area contributed by atoms with Crippen LogP contribution < -0.4 is 5.73 Å². The molecule has 0 saturated carbocycles. The third kappa shape index (κ3) is 2.48. The Morgan fingerprint density at radius 1 is 1.15 bits per heavy atom. The van der Waals surface area contributed by atoms with Crippen molar-refractivity contribution in [1.82, 2.24) is 8.61 Å². The van der Waals surface area contributed by atoms with Crippen LogP contribution in [0.5, 0.6) is 0 Å². The van der Waals surface area contributed by atoms with Gasteiger partial charge in [-0.15, -0.1) is 0 Å². The maximum atomic E-state index is 12.7. The summed E-state index contributed by atoms with van der Waals surface area (Å²) < 4.78 is 28.6. The van der Waals surface area contributed by atoms with Crippen molar-refractivity contribution in [2.45, 2.75) is 25.9 Å². The molecular formula is C14H21N3O2S. The molecule has 6 heteroatoms. The number of fused-ring (bicyclic) bond motifs is 1. The summed E-state index contributed by atoms with van der Waals surface area (Å²) in [6.45, 7) is 2.72.